The predicted molar refractivity (Wildman–Crippen MR) is 95.7 cm³/mol. The molecule has 122 valence electrons. The van der Waals surface area contributed by atoms with E-state index in [1.807, 2.05) is 18.3 Å². The number of benzene rings is 2. The highest BCUT2D eigenvalue weighted by Gasteiger charge is 2.42. The molecule has 0 aliphatic heterocycles. The number of aromatic carboxylic acids is 1. The lowest BCUT2D eigenvalue weighted by atomic mass is 9.60. The SMILES string of the molecule is CCc1ccc(C2(c3c[nH]c4c(C(=O)O)cccc34)CCC2)cc1. The Hall–Kier alpha value is -2.55. The van der Waals surface area contributed by atoms with Gasteiger partial charge in [-0.15, -0.1) is 0 Å². The summed E-state index contributed by atoms with van der Waals surface area (Å²) < 4.78 is 0. The first kappa shape index (κ1) is 15.0. The molecular formula is C21H21NO2. The summed E-state index contributed by atoms with van der Waals surface area (Å²) in [4.78, 5) is 14.7. The number of hydrogen-bond donors (Lipinski definition) is 2. The van der Waals surface area contributed by atoms with E-state index in [-0.39, 0.29) is 5.41 Å². The van der Waals surface area contributed by atoms with E-state index in [1.165, 1.54) is 23.1 Å². The minimum Gasteiger partial charge on any atom is -0.478 e. The van der Waals surface area contributed by atoms with Gasteiger partial charge in [0.1, 0.15) is 0 Å². The monoisotopic (exact) mass is 319 g/mol. The van der Waals surface area contributed by atoms with E-state index in [9.17, 15) is 9.90 Å². The Morgan fingerprint density at radius 1 is 1.17 bits per heavy atom. The summed E-state index contributed by atoms with van der Waals surface area (Å²) >= 11 is 0. The van der Waals surface area contributed by atoms with Crippen LogP contribution < -0.4 is 0 Å². The van der Waals surface area contributed by atoms with Crippen LogP contribution in [0.4, 0.5) is 0 Å². The van der Waals surface area contributed by atoms with Gasteiger partial charge in [-0.25, -0.2) is 4.79 Å². The van der Waals surface area contributed by atoms with Crippen LogP contribution in [0.1, 0.15) is 53.2 Å². The zero-order valence-electron chi connectivity index (χ0n) is 13.8. The highest BCUT2D eigenvalue weighted by atomic mass is 16.4. The number of carbonyl (C=O) groups is 1. The Balaban J connectivity index is 1.88. The summed E-state index contributed by atoms with van der Waals surface area (Å²) in [5.74, 6) is -0.885. The maximum Gasteiger partial charge on any atom is 0.337 e. The number of nitrogens with one attached hydrogen (secondary N) is 1. The van der Waals surface area contributed by atoms with Crippen molar-refractivity contribution in [2.24, 2.45) is 0 Å². The molecule has 0 spiro atoms. The molecule has 0 bridgehead atoms. The van der Waals surface area contributed by atoms with Crippen molar-refractivity contribution in [3.05, 3.63) is 70.9 Å². The summed E-state index contributed by atoms with van der Waals surface area (Å²) in [6.45, 7) is 2.17. The number of aromatic nitrogens is 1. The highest BCUT2D eigenvalue weighted by Crippen LogP contribution is 2.51. The van der Waals surface area contributed by atoms with Crippen LogP contribution in [0, 0.1) is 0 Å². The van der Waals surface area contributed by atoms with Gasteiger partial charge < -0.3 is 10.1 Å². The third-order valence-electron chi connectivity index (χ3n) is 5.58. The van der Waals surface area contributed by atoms with Crippen LogP contribution >= 0.6 is 0 Å². The lowest BCUT2D eigenvalue weighted by molar-refractivity contribution is 0.0699. The molecule has 3 heteroatoms. The predicted octanol–water partition coefficient (Wildman–Crippen LogP) is 4.90. The maximum absolute atomic E-state index is 11.5. The first-order chi connectivity index (χ1) is 11.7. The van der Waals surface area contributed by atoms with Crippen LogP contribution in [0.15, 0.2) is 48.7 Å². The first-order valence-corrected chi connectivity index (χ1v) is 8.59. The molecule has 0 radical (unpaired) electrons. The molecule has 1 saturated carbocycles. The molecule has 1 heterocycles. The van der Waals surface area contributed by atoms with Gasteiger partial charge in [-0.1, -0.05) is 49.7 Å². The van der Waals surface area contributed by atoms with Gasteiger partial charge in [0.2, 0.25) is 0 Å². The van der Waals surface area contributed by atoms with E-state index in [1.54, 1.807) is 6.07 Å². The van der Waals surface area contributed by atoms with Crippen LogP contribution in [-0.4, -0.2) is 16.1 Å². The summed E-state index contributed by atoms with van der Waals surface area (Å²) in [5.41, 5.74) is 5.01. The Labute approximate surface area is 141 Å². The van der Waals surface area contributed by atoms with E-state index in [0.717, 1.165) is 30.2 Å². The molecular weight excluding hydrogens is 298 g/mol. The zero-order chi connectivity index (χ0) is 16.7. The lowest BCUT2D eigenvalue weighted by Crippen LogP contribution is -2.35. The second-order valence-corrected chi connectivity index (χ2v) is 6.72. The van der Waals surface area contributed by atoms with E-state index in [2.05, 4.69) is 36.2 Å². The van der Waals surface area contributed by atoms with E-state index in [4.69, 9.17) is 0 Å². The summed E-state index contributed by atoms with van der Waals surface area (Å²) in [6.07, 6.45) is 6.50. The smallest absolute Gasteiger partial charge is 0.337 e. The Morgan fingerprint density at radius 2 is 1.92 bits per heavy atom. The van der Waals surface area contributed by atoms with Crippen molar-refractivity contribution < 1.29 is 9.90 Å². The summed E-state index contributed by atoms with van der Waals surface area (Å²) in [6, 6.07) is 14.5. The molecule has 0 saturated heterocycles. The number of aryl methyl sites for hydroxylation is 1. The second-order valence-electron chi connectivity index (χ2n) is 6.72. The van der Waals surface area contributed by atoms with Crippen LogP contribution in [0.25, 0.3) is 10.9 Å². The maximum atomic E-state index is 11.5. The molecule has 2 N–H and O–H groups in total. The molecule has 0 unspecified atom stereocenters. The van der Waals surface area contributed by atoms with Crippen LogP contribution in [0.3, 0.4) is 0 Å². The zero-order valence-corrected chi connectivity index (χ0v) is 13.8. The normalized spacial score (nSPS) is 16.0. The number of H-pyrrole nitrogens is 1. The van der Waals surface area contributed by atoms with Gasteiger partial charge in [-0.05, 0) is 42.0 Å². The molecule has 1 aliphatic rings. The molecule has 3 nitrogen and oxygen atoms in total. The van der Waals surface area contributed by atoms with Crippen LogP contribution in [0.2, 0.25) is 0 Å². The van der Waals surface area contributed by atoms with Crippen molar-refractivity contribution in [1.82, 2.24) is 4.98 Å². The summed E-state index contributed by atoms with van der Waals surface area (Å²) in [5, 5.41) is 10.5. The van der Waals surface area contributed by atoms with Gasteiger partial charge in [-0.3, -0.25) is 0 Å². The molecule has 1 fully saturated rings. The number of para-hydroxylation sites is 1. The first-order valence-electron chi connectivity index (χ1n) is 8.59. The fourth-order valence-corrected chi connectivity index (χ4v) is 4.03. The Bertz CT molecular complexity index is 901. The third kappa shape index (κ3) is 2.08. The fraction of sp³-hybridized carbons (Fsp3) is 0.286. The van der Waals surface area contributed by atoms with Crippen LogP contribution in [-0.2, 0) is 11.8 Å². The average Bonchev–Trinajstić information content (AvgIpc) is 2.99. The Morgan fingerprint density at radius 3 is 2.50 bits per heavy atom. The minimum absolute atomic E-state index is 0.0155. The second kappa shape index (κ2) is 5.52. The van der Waals surface area contributed by atoms with Crippen molar-refractivity contribution in [3.63, 3.8) is 0 Å². The van der Waals surface area contributed by atoms with E-state index < -0.39 is 5.97 Å². The number of carboxylic acid groups (broad SMARTS) is 1. The number of rotatable bonds is 4. The van der Waals surface area contributed by atoms with Gasteiger partial charge in [0, 0.05) is 17.0 Å². The molecule has 24 heavy (non-hydrogen) atoms. The Kier molecular flexibility index (Phi) is 3.45. The van der Waals surface area contributed by atoms with Crippen molar-refractivity contribution in [1.29, 1.82) is 0 Å². The van der Waals surface area contributed by atoms with Gasteiger partial charge in [0.05, 0.1) is 11.1 Å². The van der Waals surface area contributed by atoms with Gasteiger partial charge in [0.25, 0.3) is 0 Å². The lowest BCUT2D eigenvalue weighted by Gasteiger charge is -2.43. The number of carboxylic acids is 1. The molecule has 1 aliphatic carbocycles. The molecule has 1 aromatic heterocycles. The highest BCUT2D eigenvalue weighted by molar-refractivity contribution is 6.03. The van der Waals surface area contributed by atoms with Gasteiger partial charge >= 0.3 is 5.97 Å². The minimum atomic E-state index is -0.885. The largest absolute Gasteiger partial charge is 0.478 e. The molecule has 4 rings (SSSR count). The molecule has 3 aromatic rings. The van der Waals surface area contributed by atoms with E-state index >= 15 is 0 Å². The molecule has 0 atom stereocenters. The van der Waals surface area contributed by atoms with Crippen molar-refractivity contribution in [2.75, 3.05) is 0 Å². The average molecular weight is 319 g/mol. The molecule has 2 aromatic carbocycles. The van der Waals surface area contributed by atoms with Crippen molar-refractivity contribution in [3.8, 4) is 0 Å². The van der Waals surface area contributed by atoms with Crippen molar-refractivity contribution >= 4 is 16.9 Å². The van der Waals surface area contributed by atoms with E-state index in [0.29, 0.717) is 5.56 Å². The quantitative estimate of drug-likeness (QED) is 0.718. The van der Waals surface area contributed by atoms with Crippen LogP contribution in [0.5, 0.6) is 0 Å². The fourth-order valence-electron chi connectivity index (χ4n) is 4.03. The van der Waals surface area contributed by atoms with Crippen molar-refractivity contribution in [2.45, 2.75) is 38.0 Å². The standard InChI is InChI=1S/C21H21NO2/c1-2-14-7-9-15(10-8-14)21(11-4-12-21)18-13-22-19-16(18)5-3-6-17(19)20(23)24/h3,5-10,13,22H,2,4,11-12H2,1H3,(H,23,24). The number of aromatic amines is 1. The third-order valence-corrected chi connectivity index (χ3v) is 5.58. The topological polar surface area (TPSA) is 53.1 Å². The number of hydrogen-bond acceptors (Lipinski definition) is 1. The summed E-state index contributed by atoms with van der Waals surface area (Å²) in [7, 11) is 0. The molecule has 0 amide bonds. The number of fused-ring (bicyclic) bond motifs is 1. The van der Waals surface area contributed by atoms with Gasteiger partial charge in [-0.2, -0.15) is 0 Å². The van der Waals surface area contributed by atoms with Gasteiger partial charge in [0.15, 0.2) is 0 Å².